The highest BCUT2D eigenvalue weighted by atomic mass is 32.2. The highest BCUT2D eigenvalue weighted by molar-refractivity contribution is 7.92. The molecule has 27 heavy (non-hydrogen) atoms. The number of esters is 1. The van der Waals surface area contributed by atoms with Gasteiger partial charge in [0, 0.05) is 5.69 Å². The molecule has 0 saturated heterocycles. The summed E-state index contributed by atoms with van der Waals surface area (Å²) >= 11 is 0. The van der Waals surface area contributed by atoms with Crippen molar-refractivity contribution >= 4 is 33.3 Å². The number of ether oxygens (including phenoxy) is 1. The average Bonchev–Trinajstić information content (AvgIpc) is 2.61. The van der Waals surface area contributed by atoms with E-state index in [1.165, 1.54) is 20.1 Å². The zero-order valence-corrected chi connectivity index (χ0v) is 16.4. The standard InChI is InChI=1S/C19H22N2O5S/c1-13-8-10-17(11-9-13)21(27(4,24)25)14(2)18(22)20-16-7-5-6-15(12-16)19(23)26-3/h5-12,14H,1-4H3,(H,20,22)/t14-/m1/s1. The van der Waals surface area contributed by atoms with Gasteiger partial charge in [-0.05, 0) is 44.2 Å². The lowest BCUT2D eigenvalue weighted by Gasteiger charge is -2.28. The van der Waals surface area contributed by atoms with Crippen LogP contribution in [-0.4, -0.2) is 39.7 Å². The number of carbonyl (C=O) groups is 2. The zero-order valence-electron chi connectivity index (χ0n) is 15.6. The Morgan fingerprint density at radius 3 is 2.30 bits per heavy atom. The van der Waals surface area contributed by atoms with Crippen LogP contribution in [0.1, 0.15) is 22.8 Å². The summed E-state index contributed by atoms with van der Waals surface area (Å²) in [7, 11) is -2.43. The van der Waals surface area contributed by atoms with E-state index in [9.17, 15) is 18.0 Å². The molecule has 0 unspecified atom stereocenters. The van der Waals surface area contributed by atoms with E-state index in [2.05, 4.69) is 10.1 Å². The summed E-state index contributed by atoms with van der Waals surface area (Å²) in [6.07, 6.45) is 1.05. The topological polar surface area (TPSA) is 92.8 Å². The van der Waals surface area contributed by atoms with E-state index >= 15 is 0 Å². The van der Waals surface area contributed by atoms with Crippen molar-refractivity contribution in [2.75, 3.05) is 23.0 Å². The Balaban J connectivity index is 2.28. The first-order valence-electron chi connectivity index (χ1n) is 8.19. The number of rotatable bonds is 6. The van der Waals surface area contributed by atoms with Crippen LogP contribution in [0.15, 0.2) is 48.5 Å². The molecule has 0 bridgehead atoms. The normalized spacial score (nSPS) is 12.1. The van der Waals surface area contributed by atoms with Gasteiger partial charge >= 0.3 is 5.97 Å². The Labute approximate surface area is 159 Å². The number of methoxy groups -OCH3 is 1. The number of nitrogens with one attached hydrogen (secondary N) is 1. The Morgan fingerprint density at radius 1 is 1.11 bits per heavy atom. The van der Waals surface area contributed by atoms with E-state index in [4.69, 9.17) is 0 Å². The molecular weight excluding hydrogens is 368 g/mol. The lowest BCUT2D eigenvalue weighted by atomic mass is 10.2. The second-order valence-corrected chi connectivity index (χ2v) is 7.99. The Morgan fingerprint density at radius 2 is 1.74 bits per heavy atom. The van der Waals surface area contributed by atoms with Gasteiger partial charge in [0.2, 0.25) is 15.9 Å². The number of carbonyl (C=O) groups excluding carboxylic acids is 2. The first-order valence-corrected chi connectivity index (χ1v) is 10.0. The smallest absolute Gasteiger partial charge is 0.337 e. The van der Waals surface area contributed by atoms with Crippen molar-refractivity contribution in [3.63, 3.8) is 0 Å². The third kappa shape index (κ3) is 5.07. The van der Waals surface area contributed by atoms with E-state index in [1.807, 2.05) is 6.92 Å². The molecule has 7 nitrogen and oxygen atoms in total. The van der Waals surface area contributed by atoms with Crippen LogP contribution in [-0.2, 0) is 19.6 Å². The average molecular weight is 390 g/mol. The molecule has 2 aromatic carbocycles. The van der Waals surface area contributed by atoms with E-state index in [0.717, 1.165) is 16.1 Å². The summed E-state index contributed by atoms with van der Waals surface area (Å²) in [5.41, 5.74) is 2.02. The Hall–Kier alpha value is -2.87. The number of nitrogens with zero attached hydrogens (tertiary/aromatic N) is 1. The molecule has 0 aliphatic heterocycles. The van der Waals surface area contributed by atoms with E-state index in [1.54, 1.807) is 42.5 Å². The van der Waals surface area contributed by atoms with Crippen LogP contribution in [0.2, 0.25) is 0 Å². The molecule has 0 spiro atoms. The van der Waals surface area contributed by atoms with Crippen molar-refractivity contribution < 1.29 is 22.7 Å². The quantitative estimate of drug-likeness (QED) is 0.765. The maximum absolute atomic E-state index is 12.7. The summed E-state index contributed by atoms with van der Waals surface area (Å²) in [6.45, 7) is 3.39. The number of sulfonamides is 1. The number of hydrogen-bond donors (Lipinski definition) is 1. The minimum Gasteiger partial charge on any atom is -0.465 e. The maximum atomic E-state index is 12.7. The van der Waals surface area contributed by atoms with Crippen LogP contribution in [0.5, 0.6) is 0 Å². The summed E-state index contributed by atoms with van der Waals surface area (Å²) in [5.74, 6) is -1.06. The summed E-state index contributed by atoms with van der Waals surface area (Å²) in [6, 6.07) is 12.1. The second kappa shape index (κ2) is 8.22. The zero-order chi connectivity index (χ0) is 20.2. The number of hydrogen-bond acceptors (Lipinski definition) is 5. The lowest BCUT2D eigenvalue weighted by molar-refractivity contribution is -0.116. The minimum absolute atomic E-state index is 0.279. The van der Waals surface area contributed by atoms with Gasteiger partial charge in [-0.3, -0.25) is 9.10 Å². The van der Waals surface area contributed by atoms with Gasteiger partial charge in [0.25, 0.3) is 0 Å². The molecule has 0 fully saturated rings. The first-order chi connectivity index (χ1) is 12.6. The molecule has 0 saturated carbocycles. The van der Waals surface area contributed by atoms with Crippen molar-refractivity contribution in [3.05, 3.63) is 59.7 Å². The second-order valence-electron chi connectivity index (χ2n) is 6.13. The molecule has 1 N–H and O–H groups in total. The van der Waals surface area contributed by atoms with Crippen molar-refractivity contribution in [3.8, 4) is 0 Å². The molecule has 1 atom stereocenters. The number of amides is 1. The van der Waals surface area contributed by atoms with Crippen LogP contribution in [0.4, 0.5) is 11.4 Å². The maximum Gasteiger partial charge on any atom is 0.337 e. The predicted molar refractivity (Wildman–Crippen MR) is 104 cm³/mol. The fraction of sp³-hybridized carbons (Fsp3) is 0.263. The molecule has 2 aromatic rings. The SMILES string of the molecule is COC(=O)c1cccc(NC(=O)[C@@H](C)N(c2ccc(C)cc2)S(C)(=O)=O)c1. The number of benzene rings is 2. The van der Waals surface area contributed by atoms with Gasteiger partial charge in [-0.1, -0.05) is 23.8 Å². The summed E-state index contributed by atoms with van der Waals surface area (Å²) in [4.78, 5) is 24.3. The summed E-state index contributed by atoms with van der Waals surface area (Å²) < 4.78 is 30.3. The van der Waals surface area contributed by atoms with Gasteiger partial charge in [0.05, 0.1) is 24.6 Å². The molecular formula is C19H22N2O5S. The monoisotopic (exact) mass is 390 g/mol. The van der Waals surface area contributed by atoms with Crippen LogP contribution < -0.4 is 9.62 Å². The Kier molecular flexibility index (Phi) is 6.22. The van der Waals surface area contributed by atoms with Crippen LogP contribution in [0.3, 0.4) is 0 Å². The number of aryl methyl sites for hydroxylation is 1. The van der Waals surface area contributed by atoms with Crippen LogP contribution >= 0.6 is 0 Å². The molecule has 0 heterocycles. The van der Waals surface area contributed by atoms with Gasteiger partial charge in [0.1, 0.15) is 6.04 Å². The van der Waals surface area contributed by atoms with Gasteiger partial charge in [-0.15, -0.1) is 0 Å². The first kappa shape index (κ1) is 20.4. The van der Waals surface area contributed by atoms with Gasteiger partial charge in [-0.2, -0.15) is 0 Å². The molecule has 0 aliphatic rings. The van der Waals surface area contributed by atoms with Crippen LogP contribution in [0, 0.1) is 6.92 Å². The third-order valence-electron chi connectivity index (χ3n) is 3.93. The fourth-order valence-corrected chi connectivity index (χ4v) is 3.76. The van der Waals surface area contributed by atoms with Crippen molar-refractivity contribution in [1.29, 1.82) is 0 Å². The fourth-order valence-electron chi connectivity index (χ4n) is 2.59. The van der Waals surface area contributed by atoms with Gasteiger partial charge < -0.3 is 10.1 Å². The lowest BCUT2D eigenvalue weighted by Crippen LogP contribution is -2.45. The minimum atomic E-state index is -3.69. The predicted octanol–water partition coefficient (Wildman–Crippen LogP) is 2.57. The van der Waals surface area contributed by atoms with Crippen LogP contribution in [0.25, 0.3) is 0 Å². The summed E-state index contributed by atoms with van der Waals surface area (Å²) in [5, 5.41) is 2.64. The molecule has 0 aliphatic carbocycles. The molecule has 0 aromatic heterocycles. The van der Waals surface area contributed by atoms with Gasteiger partial charge in [0.15, 0.2) is 0 Å². The van der Waals surface area contributed by atoms with E-state index in [-0.39, 0.29) is 5.56 Å². The third-order valence-corrected chi connectivity index (χ3v) is 5.17. The van der Waals surface area contributed by atoms with E-state index < -0.39 is 27.9 Å². The largest absolute Gasteiger partial charge is 0.465 e. The van der Waals surface area contributed by atoms with Crippen molar-refractivity contribution in [2.24, 2.45) is 0 Å². The Bertz CT molecular complexity index is 939. The molecule has 8 heteroatoms. The molecule has 2 rings (SSSR count). The highest BCUT2D eigenvalue weighted by Gasteiger charge is 2.29. The van der Waals surface area contributed by atoms with Gasteiger partial charge in [-0.25, -0.2) is 13.2 Å². The molecule has 1 amide bonds. The van der Waals surface area contributed by atoms with E-state index in [0.29, 0.717) is 11.4 Å². The molecule has 0 radical (unpaired) electrons. The number of anilines is 2. The highest BCUT2D eigenvalue weighted by Crippen LogP contribution is 2.22. The van der Waals surface area contributed by atoms with Crippen molar-refractivity contribution in [2.45, 2.75) is 19.9 Å². The van der Waals surface area contributed by atoms with Crippen molar-refractivity contribution in [1.82, 2.24) is 0 Å². The molecule has 144 valence electrons.